The quantitative estimate of drug-likeness (QED) is 0.897. The molecule has 0 saturated carbocycles. The molecule has 0 fully saturated rings. The third-order valence-electron chi connectivity index (χ3n) is 3.12. The van der Waals surface area contributed by atoms with Gasteiger partial charge in [-0.3, -0.25) is 0 Å². The lowest BCUT2D eigenvalue weighted by molar-refractivity contribution is 0.271. The van der Waals surface area contributed by atoms with Gasteiger partial charge in [0.25, 0.3) is 0 Å². The smallest absolute Gasteiger partial charge is 0.107 e. The van der Waals surface area contributed by atoms with Crippen molar-refractivity contribution >= 4 is 11.3 Å². The Kier molecular flexibility index (Phi) is 4.38. The van der Waals surface area contributed by atoms with Gasteiger partial charge in [0.2, 0.25) is 0 Å². The summed E-state index contributed by atoms with van der Waals surface area (Å²) in [7, 11) is 0. The third-order valence-corrected chi connectivity index (χ3v) is 4.09. The van der Waals surface area contributed by atoms with E-state index >= 15 is 0 Å². The van der Waals surface area contributed by atoms with Gasteiger partial charge < -0.3 is 5.32 Å². The molecule has 1 unspecified atom stereocenters. The van der Waals surface area contributed by atoms with Crippen LogP contribution in [0.25, 0.3) is 0 Å². The summed E-state index contributed by atoms with van der Waals surface area (Å²) >= 11 is 1.72. The van der Waals surface area contributed by atoms with E-state index in [0.29, 0.717) is 6.04 Å². The Bertz CT molecular complexity index is 511. The number of benzene rings is 1. The van der Waals surface area contributed by atoms with Crippen LogP contribution in [0, 0.1) is 12.3 Å². The summed E-state index contributed by atoms with van der Waals surface area (Å²) in [6, 6.07) is 11.0. The lowest BCUT2D eigenvalue weighted by Gasteiger charge is -2.32. The molecule has 0 aliphatic rings. The fourth-order valence-corrected chi connectivity index (χ4v) is 2.97. The number of hydrogen-bond donors (Lipinski definition) is 1. The highest BCUT2D eigenvalue weighted by atomic mass is 32.1. The molecule has 1 atom stereocenters. The summed E-state index contributed by atoms with van der Waals surface area (Å²) in [4.78, 5) is 4.51. The Morgan fingerprint density at radius 2 is 1.89 bits per heavy atom. The maximum atomic E-state index is 4.51. The van der Waals surface area contributed by atoms with E-state index in [1.54, 1.807) is 11.3 Å². The highest BCUT2D eigenvalue weighted by molar-refractivity contribution is 7.09. The topological polar surface area (TPSA) is 24.9 Å². The van der Waals surface area contributed by atoms with E-state index in [1.165, 1.54) is 5.56 Å². The predicted octanol–water partition coefficient (Wildman–Crippen LogP) is 4.33. The average molecular weight is 274 g/mol. The lowest BCUT2D eigenvalue weighted by Crippen LogP contribution is -2.32. The van der Waals surface area contributed by atoms with Crippen LogP contribution in [-0.2, 0) is 6.54 Å². The van der Waals surface area contributed by atoms with Gasteiger partial charge in [0.15, 0.2) is 0 Å². The minimum atomic E-state index is 0.174. The van der Waals surface area contributed by atoms with Crippen molar-refractivity contribution in [1.82, 2.24) is 10.3 Å². The molecule has 3 heteroatoms. The maximum absolute atomic E-state index is 4.51. The maximum Gasteiger partial charge on any atom is 0.107 e. The van der Waals surface area contributed by atoms with Crippen LogP contribution < -0.4 is 5.32 Å². The van der Waals surface area contributed by atoms with Crippen molar-refractivity contribution in [3.8, 4) is 0 Å². The van der Waals surface area contributed by atoms with E-state index < -0.39 is 0 Å². The molecule has 1 heterocycles. The first-order valence-electron chi connectivity index (χ1n) is 6.66. The molecular formula is C16H22N2S. The first-order chi connectivity index (χ1) is 8.97. The van der Waals surface area contributed by atoms with Crippen LogP contribution in [0.2, 0.25) is 0 Å². The molecule has 1 aromatic carbocycles. The Labute approximate surface area is 119 Å². The molecule has 0 saturated heterocycles. The van der Waals surface area contributed by atoms with Crippen LogP contribution in [0.15, 0.2) is 35.7 Å². The molecule has 2 nitrogen and oxygen atoms in total. The van der Waals surface area contributed by atoms with Gasteiger partial charge in [-0.25, -0.2) is 4.98 Å². The highest BCUT2D eigenvalue weighted by Crippen LogP contribution is 2.32. The fraction of sp³-hybridized carbons (Fsp3) is 0.438. The molecule has 19 heavy (non-hydrogen) atoms. The Morgan fingerprint density at radius 1 is 1.21 bits per heavy atom. The van der Waals surface area contributed by atoms with E-state index in [0.717, 1.165) is 17.2 Å². The van der Waals surface area contributed by atoms with Crippen molar-refractivity contribution in [1.29, 1.82) is 0 Å². The molecule has 0 radical (unpaired) electrons. The second kappa shape index (κ2) is 5.85. The van der Waals surface area contributed by atoms with Crippen molar-refractivity contribution in [2.45, 2.75) is 40.3 Å². The molecule has 0 spiro atoms. The predicted molar refractivity (Wildman–Crippen MR) is 82.3 cm³/mol. The second-order valence-electron chi connectivity index (χ2n) is 5.97. The van der Waals surface area contributed by atoms with Gasteiger partial charge in [0.05, 0.1) is 0 Å². The summed E-state index contributed by atoms with van der Waals surface area (Å²) in [5, 5.41) is 6.91. The minimum Gasteiger partial charge on any atom is -0.303 e. The normalized spacial score (nSPS) is 13.5. The van der Waals surface area contributed by atoms with E-state index in [2.05, 4.69) is 66.8 Å². The van der Waals surface area contributed by atoms with Crippen molar-refractivity contribution in [2.75, 3.05) is 0 Å². The van der Waals surface area contributed by atoms with Crippen molar-refractivity contribution in [3.63, 3.8) is 0 Å². The van der Waals surface area contributed by atoms with Crippen molar-refractivity contribution in [3.05, 3.63) is 52.0 Å². The third kappa shape index (κ3) is 3.88. The average Bonchev–Trinajstić information content (AvgIpc) is 2.75. The Morgan fingerprint density at radius 3 is 2.42 bits per heavy atom. The molecule has 2 rings (SSSR count). The van der Waals surface area contributed by atoms with Gasteiger partial charge in [-0.2, -0.15) is 0 Å². The molecule has 0 aliphatic carbocycles. The molecular weight excluding hydrogens is 252 g/mol. The summed E-state index contributed by atoms with van der Waals surface area (Å²) < 4.78 is 0. The Balaban J connectivity index is 2.11. The van der Waals surface area contributed by atoms with Crippen molar-refractivity contribution in [2.24, 2.45) is 5.41 Å². The summed E-state index contributed by atoms with van der Waals surface area (Å²) in [6.45, 7) is 9.67. The van der Waals surface area contributed by atoms with Gasteiger partial charge in [-0.05, 0) is 17.9 Å². The van der Waals surface area contributed by atoms with E-state index in [1.807, 2.05) is 6.92 Å². The monoisotopic (exact) mass is 274 g/mol. The van der Waals surface area contributed by atoms with Crippen LogP contribution in [0.1, 0.15) is 43.1 Å². The molecule has 0 aliphatic heterocycles. The number of hydrogen-bond acceptors (Lipinski definition) is 3. The summed E-state index contributed by atoms with van der Waals surface area (Å²) in [6.07, 6.45) is 0. The summed E-state index contributed by atoms with van der Waals surface area (Å²) in [5.41, 5.74) is 2.62. The minimum absolute atomic E-state index is 0.174. The zero-order chi connectivity index (χ0) is 13.9. The molecule has 102 valence electrons. The standard InChI is InChI=1S/C16H22N2S/c1-12-11-19-14(18-12)10-17-15(16(2,3)4)13-8-6-5-7-9-13/h5-9,11,15,17H,10H2,1-4H3. The van der Waals surface area contributed by atoms with Crippen LogP contribution in [0.5, 0.6) is 0 Å². The number of aryl methyl sites for hydroxylation is 1. The van der Waals surface area contributed by atoms with Crippen molar-refractivity contribution < 1.29 is 0 Å². The number of aromatic nitrogens is 1. The summed E-state index contributed by atoms with van der Waals surface area (Å²) in [5.74, 6) is 0. The molecule has 1 N–H and O–H groups in total. The van der Waals surface area contributed by atoms with Crippen LogP contribution >= 0.6 is 11.3 Å². The first kappa shape index (κ1) is 14.2. The van der Waals surface area contributed by atoms with Gasteiger partial charge in [-0.15, -0.1) is 11.3 Å². The molecule has 0 bridgehead atoms. The van der Waals surface area contributed by atoms with E-state index in [9.17, 15) is 0 Å². The zero-order valence-electron chi connectivity index (χ0n) is 12.1. The number of nitrogens with one attached hydrogen (secondary N) is 1. The molecule has 2 aromatic rings. The van der Waals surface area contributed by atoms with Crippen LogP contribution in [0.3, 0.4) is 0 Å². The van der Waals surface area contributed by atoms with Gasteiger partial charge in [0.1, 0.15) is 5.01 Å². The number of rotatable bonds is 4. The van der Waals surface area contributed by atoms with Gasteiger partial charge in [0, 0.05) is 23.7 Å². The lowest BCUT2D eigenvalue weighted by atomic mass is 9.82. The second-order valence-corrected chi connectivity index (χ2v) is 6.92. The molecule has 0 amide bonds. The van der Waals surface area contributed by atoms with E-state index in [-0.39, 0.29) is 5.41 Å². The number of nitrogens with zero attached hydrogens (tertiary/aromatic N) is 1. The van der Waals surface area contributed by atoms with Crippen LogP contribution in [-0.4, -0.2) is 4.98 Å². The molecule has 1 aromatic heterocycles. The van der Waals surface area contributed by atoms with Gasteiger partial charge >= 0.3 is 0 Å². The SMILES string of the molecule is Cc1csc(CNC(c2ccccc2)C(C)(C)C)n1. The Hall–Kier alpha value is -1.19. The number of thiazole rings is 1. The van der Waals surface area contributed by atoms with E-state index in [4.69, 9.17) is 0 Å². The van der Waals surface area contributed by atoms with Crippen LogP contribution in [0.4, 0.5) is 0 Å². The highest BCUT2D eigenvalue weighted by Gasteiger charge is 2.25. The largest absolute Gasteiger partial charge is 0.303 e. The zero-order valence-corrected chi connectivity index (χ0v) is 12.9. The first-order valence-corrected chi connectivity index (χ1v) is 7.54. The fourth-order valence-electron chi connectivity index (χ4n) is 2.24. The van der Waals surface area contributed by atoms with Gasteiger partial charge in [-0.1, -0.05) is 51.1 Å².